The average molecular weight is 249 g/mol. The van der Waals surface area contributed by atoms with Gasteiger partial charge in [-0.15, -0.1) is 0 Å². The van der Waals surface area contributed by atoms with E-state index in [4.69, 9.17) is 4.74 Å². The summed E-state index contributed by atoms with van der Waals surface area (Å²) in [4.78, 5) is 0. The van der Waals surface area contributed by atoms with Gasteiger partial charge in [0.2, 0.25) is 0 Å². The normalized spacial score (nSPS) is 12.7. The molecule has 0 fully saturated rings. The summed E-state index contributed by atoms with van der Waals surface area (Å²) in [6.07, 6.45) is 2.27. The Morgan fingerprint density at radius 1 is 1.22 bits per heavy atom. The van der Waals surface area contributed by atoms with Crippen LogP contribution >= 0.6 is 0 Å². The highest BCUT2D eigenvalue weighted by Crippen LogP contribution is 2.19. The van der Waals surface area contributed by atoms with E-state index < -0.39 is 0 Å². The lowest BCUT2D eigenvalue weighted by molar-refractivity contribution is 0.289. The van der Waals surface area contributed by atoms with E-state index in [1.807, 2.05) is 6.07 Å². The zero-order valence-electron chi connectivity index (χ0n) is 12.2. The van der Waals surface area contributed by atoms with Gasteiger partial charge < -0.3 is 10.1 Å². The number of ether oxygens (including phenoxy) is 1. The lowest BCUT2D eigenvalue weighted by Crippen LogP contribution is -2.19. The van der Waals surface area contributed by atoms with Crippen LogP contribution in [0.4, 0.5) is 0 Å². The molecular weight excluding hydrogens is 222 g/mol. The van der Waals surface area contributed by atoms with E-state index in [1.165, 1.54) is 5.56 Å². The molecule has 18 heavy (non-hydrogen) atoms. The minimum absolute atomic E-state index is 0.388. The molecule has 0 saturated heterocycles. The first-order valence-corrected chi connectivity index (χ1v) is 7.09. The van der Waals surface area contributed by atoms with Gasteiger partial charge >= 0.3 is 0 Å². The molecule has 0 aromatic heterocycles. The fourth-order valence-electron chi connectivity index (χ4n) is 1.76. The molecule has 1 unspecified atom stereocenters. The van der Waals surface area contributed by atoms with E-state index in [-0.39, 0.29) is 0 Å². The summed E-state index contributed by atoms with van der Waals surface area (Å²) in [5, 5.41) is 3.49. The molecule has 1 rings (SSSR count). The molecule has 1 N–H and O–H groups in total. The van der Waals surface area contributed by atoms with Crippen LogP contribution in [0.3, 0.4) is 0 Å². The zero-order valence-corrected chi connectivity index (χ0v) is 12.2. The van der Waals surface area contributed by atoms with Crippen LogP contribution in [0.2, 0.25) is 0 Å². The smallest absolute Gasteiger partial charge is 0.119 e. The quantitative estimate of drug-likeness (QED) is 0.746. The number of rotatable bonds is 8. The lowest BCUT2D eigenvalue weighted by Gasteiger charge is -2.15. The van der Waals surface area contributed by atoms with Crippen LogP contribution < -0.4 is 10.1 Å². The van der Waals surface area contributed by atoms with Gasteiger partial charge in [-0.2, -0.15) is 0 Å². The first-order chi connectivity index (χ1) is 8.63. The summed E-state index contributed by atoms with van der Waals surface area (Å²) in [5.41, 5.74) is 1.30. The minimum atomic E-state index is 0.388. The van der Waals surface area contributed by atoms with Crippen molar-refractivity contribution >= 4 is 0 Å². The van der Waals surface area contributed by atoms with E-state index in [0.29, 0.717) is 12.0 Å². The Morgan fingerprint density at radius 3 is 2.67 bits per heavy atom. The first kappa shape index (κ1) is 15.0. The molecule has 0 aliphatic rings. The van der Waals surface area contributed by atoms with Gasteiger partial charge in [0, 0.05) is 6.04 Å². The van der Waals surface area contributed by atoms with Crippen molar-refractivity contribution in [1.29, 1.82) is 0 Å². The molecule has 1 aromatic rings. The lowest BCUT2D eigenvalue weighted by atomic mass is 10.1. The highest BCUT2D eigenvalue weighted by molar-refractivity contribution is 5.30. The maximum Gasteiger partial charge on any atom is 0.119 e. The van der Waals surface area contributed by atoms with Crippen LogP contribution in [-0.2, 0) is 0 Å². The molecule has 0 amide bonds. The Kier molecular flexibility index (Phi) is 6.81. The second-order valence-electron chi connectivity index (χ2n) is 5.28. The van der Waals surface area contributed by atoms with E-state index >= 15 is 0 Å². The molecule has 0 heterocycles. The minimum Gasteiger partial charge on any atom is -0.494 e. The largest absolute Gasteiger partial charge is 0.494 e. The first-order valence-electron chi connectivity index (χ1n) is 7.09. The summed E-state index contributed by atoms with van der Waals surface area (Å²) < 4.78 is 5.78. The van der Waals surface area contributed by atoms with E-state index in [0.717, 1.165) is 31.7 Å². The third-order valence-electron chi connectivity index (χ3n) is 3.02. The molecule has 102 valence electrons. The van der Waals surface area contributed by atoms with Crippen molar-refractivity contribution in [3.05, 3.63) is 29.8 Å². The van der Waals surface area contributed by atoms with Crippen LogP contribution in [0, 0.1) is 5.92 Å². The fourth-order valence-corrected chi connectivity index (χ4v) is 1.76. The third kappa shape index (κ3) is 5.54. The number of hydrogen-bond donors (Lipinski definition) is 1. The van der Waals surface area contributed by atoms with Crippen molar-refractivity contribution in [2.45, 2.75) is 46.6 Å². The van der Waals surface area contributed by atoms with Crippen LogP contribution in [0.5, 0.6) is 5.75 Å². The Morgan fingerprint density at radius 2 is 2.00 bits per heavy atom. The number of hydrogen-bond acceptors (Lipinski definition) is 2. The molecule has 0 bridgehead atoms. The van der Waals surface area contributed by atoms with Crippen molar-refractivity contribution in [3.8, 4) is 5.75 Å². The summed E-state index contributed by atoms with van der Waals surface area (Å²) in [6, 6.07) is 8.80. The third-order valence-corrected chi connectivity index (χ3v) is 3.02. The SMILES string of the molecule is CCCNC(C)c1cccc(OCCC(C)C)c1. The van der Waals surface area contributed by atoms with Gasteiger partial charge in [0.25, 0.3) is 0 Å². The molecule has 0 aliphatic heterocycles. The van der Waals surface area contributed by atoms with Gasteiger partial charge in [0.15, 0.2) is 0 Å². The van der Waals surface area contributed by atoms with E-state index in [9.17, 15) is 0 Å². The van der Waals surface area contributed by atoms with Crippen LogP contribution in [-0.4, -0.2) is 13.2 Å². The van der Waals surface area contributed by atoms with Gasteiger partial charge in [0.05, 0.1) is 6.61 Å². The van der Waals surface area contributed by atoms with Gasteiger partial charge in [-0.1, -0.05) is 32.9 Å². The average Bonchev–Trinajstić information content (AvgIpc) is 2.36. The maximum atomic E-state index is 5.78. The van der Waals surface area contributed by atoms with E-state index in [2.05, 4.69) is 51.2 Å². The summed E-state index contributed by atoms with van der Waals surface area (Å²) in [6.45, 7) is 10.7. The Balaban J connectivity index is 2.50. The zero-order chi connectivity index (χ0) is 13.4. The van der Waals surface area contributed by atoms with Gasteiger partial charge in [-0.05, 0) is 49.9 Å². The Labute approximate surface area is 112 Å². The highest BCUT2D eigenvalue weighted by Gasteiger charge is 2.05. The summed E-state index contributed by atoms with van der Waals surface area (Å²) >= 11 is 0. The van der Waals surface area contributed by atoms with Gasteiger partial charge in [-0.25, -0.2) is 0 Å². The van der Waals surface area contributed by atoms with Crippen molar-refractivity contribution in [1.82, 2.24) is 5.32 Å². The monoisotopic (exact) mass is 249 g/mol. The van der Waals surface area contributed by atoms with Gasteiger partial charge in [0.1, 0.15) is 5.75 Å². The molecule has 2 heteroatoms. The molecular formula is C16H27NO. The highest BCUT2D eigenvalue weighted by atomic mass is 16.5. The predicted octanol–water partition coefficient (Wildman–Crippen LogP) is 4.17. The van der Waals surface area contributed by atoms with Crippen LogP contribution in [0.25, 0.3) is 0 Å². The van der Waals surface area contributed by atoms with Crippen molar-refractivity contribution < 1.29 is 4.74 Å². The summed E-state index contributed by atoms with van der Waals surface area (Å²) in [5.74, 6) is 1.68. The molecule has 1 aromatic carbocycles. The molecule has 0 aliphatic carbocycles. The second-order valence-corrected chi connectivity index (χ2v) is 5.28. The van der Waals surface area contributed by atoms with Crippen molar-refractivity contribution in [2.75, 3.05) is 13.2 Å². The maximum absolute atomic E-state index is 5.78. The fraction of sp³-hybridized carbons (Fsp3) is 0.625. The Hall–Kier alpha value is -1.02. The molecule has 1 atom stereocenters. The topological polar surface area (TPSA) is 21.3 Å². The summed E-state index contributed by atoms with van der Waals surface area (Å²) in [7, 11) is 0. The van der Waals surface area contributed by atoms with Gasteiger partial charge in [-0.3, -0.25) is 0 Å². The molecule has 2 nitrogen and oxygen atoms in total. The number of benzene rings is 1. The second kappa shape index (κ2) is 8.15. The molecule has 0 saturated carbocycles. The van der Waals surface area contributed by atoms with Crippen LogP contribution in [0.1, 0.15) is 52.1 Å². The van der Waals surface area contributed by atoms with Crippen LogP contribution in [0.15, 0.2) is 24.3 Å². The predicted molar refractivity (Wildman–Crippen MR) is 78.1 cm³/mol. The number of nitrogens with one attached hydrogen (secondary N) is 1. The molecule has 0 radical (unpaired) electrons. The Bertz CT molecular complexity index is 336. The van der Waals surface area contributed by atoms with E-state index in [1.54, 1.807) is 0 Å². The van der Waals surface area contributed by atoms with Crippen molar-refractivity contribution in [2.24, 2.45) is 5.92 Å². The van der Waals surface area contributed by atoms with Crippen molar-refractivity contribution in [3.63, 3.8) is 0 Å². The standard InChI is InChI=1S/C16H27NO/c1-5-10-17-14(4)15-7-6-8-16(12-15)18-11-9-13(2)3/h6-8,12-14,17H,5,9-11H2,1-4H3. The molecule has 0 spiro atoms.